The molecule has 2 fully saturated rings. The van der Waals surface area contributed by atoms with Crippen molar-refractivity contribution in [1.82, 2.24) is 9.29 Å². The molecule has 2 saturated heterocycles. The Kier molecular flexibility index (Phi) is 7.49. The number of sulfonamides is 1. The molecular weight excluding hydrogens is 522 g/mol. The Morgan fingerprint density at radius 2 is 1.97 bits per heavy atom. The van der Waals surface area contributed by atoms with Crippen LogP contribution in [-0.4, -0.2) is 69.7 Å². The maximum Gasteiger partial charge on any atom is 0.253 e. The van der Waals surface area contributed by atoms with Crippen LogP contribution in [0, 0.1) is 0 Å². The summed E-state index contributed by atoms with van der Waals surface area (Å²) in [6.07, 6.45) is 3.59. The maximum atomic E-state index is 14.2. The number of hydrogen-bond donors (Lipinski definition) is 0. The van der Waals surface area contributed by atoms with E-state index >= 15 is 0 Å². The summed E-state index contributed by atoms with van der Waals surface area (Å²) < 4.78 is 46.2. The zero-order valence-corrected chi connectivity index (χ0v) is 22.7. The van der Waals surface area contributed by atoms with Gasteiger partial charge in [0.25, 0.3) is 10.0 Å². The van der Waals surface area contributed by atoms with Gasteiger partial charge in [-0.05, 0) is 49.3 Å². The normalized spacial score (nSPS) is 21.1. The Balaban J connectivity index is 1.55. The molecule has 0 radical (unpaired) electrons. The topological polar surface area (TPSA) is 98.3 Å². The van der Waals surface area contributed by atoms with Gasteiger partial charge in [-0.15, -0.1) is 11.3 Å². The van der Waals surface area contributed by atoms with E-state index < -0.39 is 16.1 Å². The minimum atomic E-state index is -3.79. The number of fused-ring (bicyclic) bond motifs is 1. The molecule has 1 aromatic carbocycles. The molecule has 2 unspecified atom stereocenters. The van der Waals surface area contributed by atoms with Crippen molar-refractivity contribution in [2.24, 2.45) is 0 Å². The fourth-order valence-corrected chi connectivity index (χ4v) is 8.65. The molecule has 4 heterocycles. The number of ether oxygens (including phenoxy) is 3. The molecule has 2 atom stereocenters. The van der Waals surface area contributed by atoms with Crippen molar-refractivity contribution in [3.8, 4) is 11.5 Å². The maximum absolute atomic E-state index is 14.2. The molecule has 194 valence electrons. The Morgan fingerprint density at radius 3 is 2.67 bits per heavy atom. The molecule has 0 N–H and O–H groups in total. The van der Waals surface area contributed by atoms with Crippen LogP contribution >= 0.6 is 22.7 Å². The summed E-state index contributed by atoms with van der Waals surface area (Å²) >= 11 is 2.50. The van der Waals surface area contributed by atoms with E-state index in [1.165, 1.54) is 27.0 Å². The minimum Gasteiger partial charge on any atom is -0.495 e. The number of rotatable bonds is 8. The summed E-state index contributed by atoms with van der Waals surface area (Å²) in [5.74, 6) is 0.943. The van der Waals surface area contributed by atoms with Gasteiger partial charge < -0.3 is 14.2 Å². The lowest BCUT2D eigenvalue weighted by molar-refractivity contribution is -0.123. The number of thiazole rings is 1. The van der Waals surface area contributed by atoms with Crippen LogP contribution in [0.25, 0.3) is 10.2 Å². The zero-order chi connectivity index (χ0) is 25.3. The number of anilines is 1. The van der Waals surface area contributed by atoms with Crippen molar-refractivity contribution in [3.63, 3.8) is 0 Å². The van der Waals surface area contributed by atoms with Crippen LogP contribution in [-0.2, 0) is 19.6 Å². The SMILES string of the molecule is COc1ccc(OC)c2sc(N(CC3CCCO3)C(=O)C3CCCCN3S(=O)(=O)c3cccs3)nc12. The van der Waals surface area contributed by atoms with Crippen molar-refractivity contribution < 1.29 is 27.4 Å². The number of amides is 1. The smallest absolute Gasteiger partial charge is 0.253 e. The highest BCUT2D eigenvalue weighted by Gasteiger charge is 2.41. The van der Waals surface area contributed by atoms with Gasteiger partial charge in [-0.2, -0.15) is 4.31 Å². The van der Waals surface area contributed by atoms with E-state index in [2.05, 4.69) is 0 Å². The third-order valence-electron chi connectivity index (χ3n) is 6.60. The molecule has 2 aromatic heterocycles. The first-order valence-corrected chi connectivity index (χ1v) is 15.1. The van der Waals surface area contributed by atoms with Gasteiger partial charge in [0.15, 0.2) is 5.13 Å². The Labute approximate surface area is 218 Å². The van der Waals surface area contributed by atoms with E-state index in [9.17, 15) is 13.2 Å². The molecule has 36 heavy (non-hydrogen) atoms. The molecule has 3 aromatic rings. The van der Waals surface area contributed by atoms with E-state index in [4.69, 9.17) is 19.2 Å². The summed E-state index contributed by atoms with van der Waals surface area (Å²) in [6.45, 7) is 1.27. The van der Waals surface area contributed by atoms with E-state index in [-0.39, 0.29) is 16.2 Å². The van der Waals surface area contributed by atoms with Crippen LogP contribution in [0.4, 0.5) is 5.13 Å². The standard InChI is InChI=1S/C24H29N3O6S3/c1-31-18-10-11-19(32-2)22-21(18)25-24(35-22)26(15-16-7-5-13-33-16)23(28)17-8-3-4-12-27(17)36(29,30)20-9-6-14-34-20/h6,9-11,14,16-17H,3-5,7-8,12-13,15H2,1-2H3. The number of piperidine rings is 1. The van der Waals surface area contributed by atoms with E-state index in [0.717, 1.165) is 30.4 Å². The van der Waals surface area contributed by atoms with Crippen LogP contribution in [0.2, 0.25) is 0 Å². The Hall–Kier alpha value is -2.25. The molecule has 5 rings (SSSR count). The summed E-state index contributed by atoms with van der Waals surface area (Å²) in [7, 11) is -0.623. The molecule has 2 aliphatic rings. The molecule has 1 amide bonds. The zero-order valence-electron chi connectivity index (χ0n) is 20.2. The number of carbonyl (C=O) groups excluding carboxylic acids is 1. The predicted molar refractivity (Wildman–Crippen MR) is 140 cm³/mol. The number of carbonyl (C=O) groups is 1. The lowest BCUT2D eigenvalue weighted by Gasteiger charge is -2.36. The fraction of sp³-hybridized carbons (Fsp3) is 0.500. The lowest BCUT2D eigenvalue weighted by atomic mass is 10.0. The van der Waals surface area contributed by atoms with Crippen LogP contribution < -0.4 is 14.4 Å². The Bertz CT molecular complexity index is 1280. The number of thiophene rings is 1. The second-order valence-electron chi connectivity index (χ2n) is 8.79. The quantitative estimate of drug-likeness (QED) is 0.415. The van der Waals surface area contributed by atoms with Crippen molar-refractivity contribution in [3.05, 3.63) is 29.6 Å². The Morgan fingerprint density at radius 1 is 1.17 bits per heavy atom. The third-order valence-corrected chi connectivity index (χ3v) is 11.0. The average Bonchev–Trinajstić information content (AvgIpc) is 3.68. The van der Waals surface area contributed by atoms with Gasteiger partial charge in [0.2, 0.25) is 5.91 Å². The van der Waals surface area contributed by atoms with Gasteiger partial charge in [-0.1, -0.05) is 23.8 Å². The van der Waals surface area contributed by atoms with Crippen molar-refractivity contribution in [2.45, 2.75) is 48.5 Å². The first kappa shape index (κ1) is 25.4. The average molecular weight is 552 g/mol. The van der Waals surface area contributed by atoms with E-state index in [1.54, 1.807) is 42.7 Å². The van der Waals surface area contributed by atoms with Gasteiger partial charge in [0.1, 0.15) is 32.0 Å². The second kappa shape index (κ2) is 10.6. The summed E-state index contributed by atoms with van der Waals surface area (Å²) in [4.78, 5) is 20.6. The van der Waals surface area contributed by atoms with Gasteiger partial charge >= 0.3 is 0 Å². The van der Waals surface area contributed by atoms with Crippen molar-refractivity contribution in [2.75, 3.05) is 38.8 Å². The van der Waals surface area contributed by atoms with Crippen molar-refractivity contribution in [1.29, 1.82) is 0 Å². The largest absolute Gasteiger partial charge is 0.495 e. The van der Waals surface area contributed by atoms with E-state index in [0.29, 0.717) is 48.3 Å². The highest BCUT2D eigenvalue weighted by atomic mass is 32.2. The fourth-order valence-electron chi connectivity index (χ4n) is 4.79. The van der Waals surface area contributed by atoms with Crippen LogP contribution in [0.15, 0.2) is 33.9 Å². The number of benzene rings is 1. The number of methoxy groups -OCH3 is 2. The van der Waals surface area contributed by atoms with Gasteiger partial charge in [-0.3, -0.25) is 9.69 Å². The molecule has 0 spiro atoms. The number of nitrogens with zero attached hydrogens (tertiary/aromatic N) is 3. The van der Waals surface area contributed by atoms with Crippen LogP contribution in [0.1, 0.15) is 32.1 Å². The monoisotopic (exact) mass is 551 g/mol. The summed E-state index contributed by atoms with van der Waals surface area (Å²) in [6, 6.07) is 6.10. The van der Waals surface area contributed by atoms with Gasteiger partial charge in [0.05, 0.1) is 26.9 Å². The van der Waals surface area contributed by atoms with Crippen molar-refractivity contribution >= 4 is 54.0 Å². The summed E-state index contributed by atoms with van der Waals surface area (Å²) in [5, 5.41) is 2.21. The molecular formula is C24H29N3O6S3. The van der Waals surface area contributed by atoms with Crippen LogP contribution in [0.3, 0.4) is 0 Å². The molecule has 12 heteroatoms. The van der Waals surface area contributed by atoms with Gasteiger partial charge in [0, 0.05) is 13.2 Å². The highest BCUT2D eigenvalue weighted by molar-refractivity contribution is 7.91. The first-order chi connectivity index (χ1) is 17.4. The number of hydrogen-bond acceptors (Lipinski definition) is 9. The molecule has 9 nitrogen and oxygen atoms in total. The summed E-state index contributed by atoms with van der Waals surface area (Å²) in [5.41, 5.74) is 0.605. The van der Waals surface area contributed by atoms with Gasteiger partial charge in [-0.25, -0.2) is 13.4 Å². The van der Waals surface area contributed by atoms with Crippen LogP contribution in [0.5, 0.6) is 11.5 Å². The first-order valence-electron chi connectivity index (χ1n) is 11.9. The molecule has 0 saturated carbocycles. The minimum absolute atomic E-state index is 0.129. The lowest BCUT2D eigenvalue weighted by Crippen LogP contribution is -2.54. The predicted octanol–water partition coefficient (Wildman–Crippen LogP) is 4.13. The highest BCUT2D eigenvalue weighted by Crippen LogP contribution is 2.41. The third kappa shape index (κ3) is 4.72. The second-order valence-corrected chi connectivity index (χ2v) is 12.8. The number of aromatic nitrogens is 1. The molecule has 0 bridgehead atoms. The molecule has 2 aliphatic heterocycles. The van der Waals surface area contributed by atoms with E-state index in [1.807, 2.05) is 6.07 Å². The molecule has 0 aliphatic carbocycles.